The van der Waals surface area contributed by atoms with E-state index in [2.05, 4.69) is 12.2 Å². The van der Waals surface area contributed by atoms with Crippen LogP contribution in [0.3, 0.4) is 0 Å². The number of para-hydroxylation sites is 2. The monoisotopic (exact) mass is 359 g/mol. The SMILES string of the molecule is O=C(Oc1ccccc1N1C(=O)[C@@H]2[C@H](C1=O)[C@H]1C=C[C@H]2C1)c1ccccc1. The Balaban J connectivity index is 1.48. The lowest BCUT2D eigenvalue weighted by atomic mass is 9.85. The lowest BCUT2D eigenvalue weighted by Crippen LogP contribution is -2.33. The average Bonchev–Trinajstić information content (AvgIpc) is 3.37. The van der Waals surface area contributed by atoms with Crippen molar-refractivity contribution in [2.24, 2.45) is 23.7 Å². The van der Waals surface area contributed by atoms with Gasteiger partial charge in [0.2, 0.25) is 11.8 Å². The molecule has 1 saturated carbocycles. The van der Waals surface area contributed by atoms with E-state index >= 15 is 0 Å². The predicted molar refractivity (Wildman–Crippen MR) is 98.1 cm³/mol. The standard InChI is InChI=1S/C22H17NO4/c24-20-18-14-10-11-15(12-14)19(18)21(25)23(20)16-8-4-5-9-17(16)27-22(26)13-6-2-1-3-7-13/h1-11,14-15,18-19H,12H2/t14-,15-,18-,19+/m0/s1. The molecule has 1 heterocycles. The number of amides is 2. The van der Waals surface area contributed by atoms with Gasteiger partial charge in [-0.1, -0.05) is 42.5 Å². The molecular formula is C22H17NO4. The first-order chi connectivity index (χ1) is 13.1. The van der Waals surface area contributed by atoms with Crippen LogP contribution in [0.1, 0.15) is 16.8 Å². The third-order valence-electron chi connectivity index (χ3n) is 5.79. The van der Waals surface area contributed by atoms with Crippen LogP contribution >= 0.6 is 0 Å². The fraction of sp³-hybridized carbons (Fsp3) is 0.227. The number of carbonyl (C=O) groups is 3. The number of hydrogen-bond donors (Lipinski definition) is 0. The van der Waals surface area contributed by atoms with E-state index in [1.54, 1.807) is 48.5 Å². The molecule has 4 atom stereocenters. The number of anilines is 1. The minimum absolute atomic E-state index is 0.139. The molecule has 3 aliphatic rings. The summed E-state index contributed by atoms with van der Waals surface area (Å²) in [6, 6.07) is 15.3. The van der Waals surface area contributed by atoms with Gasteiger partial charge in [-0.3, -0.25) is 9.59 Å². The molecule has 2 aromatic rings. The first kappa shape index (κ1) is 16.0. The Morgan fingerprint density at radius 3 is 2.11 bits per heavy atom. The number of imide groups is 1. The van der Waals surface area contributed by atoms with Crippen molar-refractivity contribution in [2.75, 3.05) is 4.90 Å². The second-order valence-corrected chi connectivity index (χ2v) is 7.24. The predicted octanol–water partition coefficient (Wildman–Crippen LogP) is 3.22. The van der Waals surface area contributed by atoms with E-state index in [0.717, 1.165) is 6.42 Å². The number of esters is 1. The van der Waals surface area contributed by atoms with E-state index in [1.807, 2.05) is 6.07 Å². The van der Waals surface area contributed by atoms with E-state index in [1.165, 1.54) is 4.90 Å². The molecule has 1 saturated heterocycles. The smallest absolute Gasteiger partial charge is 0.343 e. The second kappa shape index (κ2) is 5.91. The van der Waals surface area contributed by atoms with Crippen molar-refractivity contribution in [1.29, 1.82) is 0 Å². The molecule has 2 aliphatic carbocycles. The molecule has 0 unspecified atom stereocenters. The number of benzene rings is 2. The molecule has 5 nitrogen and oxygen atoms in total. The Kier molecular flexibility index (Phi) is 3.50. The number of fused-ring (bicyclic) bond motifs is 5. The van der Waals surface area contributed by atoms with Crippen LogP contribution in [-0.4, -0.2) is 17.8 Å². The van der Waals surface area contributed by atoms with Crippen LogP contribution in [0, 0.1) is 23.7 Å². The van der Waals surface area contributed by atoms with E-state index in [0.29, 0.717) is 11.3 Å². The van der Waals surface area contributed by atoms with E-state index in [9.17, 15) is 14.4 Å². The zero-order chi connectivity index (χ0) is 18.5. The quantitative estimate of drug-likeness (QED) is 0.365. The fourth-order valence-electron chi connectivity index (χ4n) is 4.60. The maximum atomic E-state index is 13.0. The highest BCUT2D eigenvalue weighted by molar-refractivity contribution is 6.23. The first-order valence-corrected chi connectivity index (χ1v) is 9.07. The van der Waals surface area contributed by atoms with Gasteiger partial charge in [0, 0.05) is 0 Å². The van der Waals surface area contributed by atoms with Crippen LogP contribution < -0.4 is 9.64 Å². The summed E-state index contributed by atoms with van der Waals surface area (Å²) in [6.07, 6.45) is 5.00. The molecule has 0 aromatic heterocycles. The summed E-state index contributed by atoms with van der Waals surface area (Å²) < 4.78 is 5.53. The molecule has 134 valence electrons. The van der Waals surface area contributed by atoms with Gasteiger partial charge in [-0.2, -0.15) is 0 Å². The van der Waals surface area contributed by atoms with Gasteiger partial charge in [-0.05, 0) is 42.5 Å². The number of carbonyl (C=O) groups excluding carboxylic acids is 3. The second-order valence-electron chi connectivity index (χ2n) is 7.24. The van der Waals surface area contributed by atoms with E-state index in [4.69, 9.17) is 4.74 Å². The average molecular weight is 359 g/mol. The molecule has 2 bridgehead atoms. The number of rotatable bonds is 3. The van der Waals surface area contributed by atoms with Crippen LogP contribution in [0.2, 0.25) is 0 Å². The summed E-state index contributed by atoms with van der Waals surface area (Å²) in [5.41, 5.74) is 0.746. The van der Waals surface area contributed by atoms with Gasteiger partial charge in [-0.25, -0.2) is 9.69 Å². The Morgan fingerprint density at radius 2 is 1.44 bits per heavy atom. The molecule has 0 spiro atoms. The minimum atomic E-state index is -0.524. The Hall–Kier alpha value is -3.21. The van der Waals surface area contributed by atoms with Crippen LogP contribution in [0.5, 0.6) is 5.75 Å². The summed E-state index contributed by atoms with van der Waals surface area (Å²) >= 11 is 0. The van der Waals surface area contributed by atoms with Crippen molar-refractivity contribution < 1.29 is 19.1 Å². The maximum absolute atomic E-state index is 13.0. The van der Waals surface area contributed by atoms with Crippen LogP contribution in [0.15, 0.2) is 66.7 Å². The lowest BCUT2D eigenvalue weighted by Gasteiger charge is -2.20. The zero-order valence-corrected chi connectivity index (χ0v) is 14.4. The van der Waals surface area contributed by atoms with Crippen LogP contribution in [-0.2, 0) is 9.59 Å². The van der Waals surface area contributed by atoms with Crippen molar-refractivity contribution in [3.63, 3.8) is 0 Å². The number of hydrogen-bond acceptors (Lipinski definition) is 4. The summed E-state index contributed by atoms with van der Waals surface area (Å²) in [7, 11) is 0. The maximum Gasteiger partial charge on any atom is 0.343 e. The van der Waals surface area contributed by atoms with E-state index in [-0.39, 0.29) is 41.2 Å². The number of allylic oxidation sites excluding steroid dienone is 2. The van der Waals surface area contributed by atoms with Gasteiger partial charge in [0.25, 0.3) is 0 Å². The topological polar surface area (TPSA) is 63.7 Å². The highest BCUT2D eigenvalue weighted by Gasteiger charge is 2.59. The normalized spacial score (nSPS) is 27.9. The van der Waals surface area contributed by atoms with Crippen molar-refractivity contribution in [3.8, 4) is 5.75 Å². The van der Waals surface area contributed by atoms with Gasteiger partial charge >= 0.3 is 5.97 Å². The molecule has 5 heteroatoms. The molecule has 2 fully saturated rings. The van der Waals surface area contributed by atoms with Crippen LogP contribution in [0.25, 0.3) is 0 Å². The lowest BCUT2D eigenvalue weighted by molar-refractivity contribution is -0.123. The van der Waals surface area contributed by atoms with Crippen molar-refractivity contribution >= 4 is 23.5 Å². The summed E-state index contributed by atoms with van der Waals surface area (Å²) in [4.78, 5) is 39.7. The largest absolute Gasteiger partial charge is 0.421 e. The number of ether oxygens (including phenoxy) is 1. The van der Waals surface area contributed by atoms with Gasteiger partial charge in [-0.15, -0.1) is 0 Å². The number of nitrogens with zero attached hydrogens (tertiary/aromatic N) is 1. The van der Waals surface area contributed by atoms with Gasteiger partial charge in [0.15, 0.2) is 5.75 Å². The third-order valence-corrected chi connectivity index (χ3v) is 5.79. The van der Waals surface area contributed by atoms with Gasteiger partial charge in [0.05, 0.1) is 23.1 Å². The van der Waals surface area contributed by atoms with E-state index < -0.39 is 5.97 Å². The summed E-state index contributed by atoms with van der Waals surface area (Å²) in [6.45, 7) is 0. The van der Waals surface area contributed by atoms with Crippen molar-refractivity contribution in [2.45, 2.75) is 6.42 Å². The minimum Gasteiger partial charge on any atom is -0.421 e. The van der Waals surface area contributed by atoms with Gasteiger partial charge in [0.1, 0.15) is 0 Å². The molecule has 2 aromatic carbocycles. The molecule has 27 heavy (non-hydrogen) atoms. The van der Waals surface area contributed by atoms with Crippen molar-refractivity contribution in [3.05, 3.63) is 72.3 Å². The first-order valence-electron chi connectivity index (χ1n) is 9.07. The zero-order valence-electron chi connectivity index (χ0n) is 14.4. The Labute approximate surface area is 156 Å². The van der Waals surface area contributed by atoms with Crippen LogP contribution in [0.4, 0.5) is 5.69 Å². The summed E-state index contributed by atoms with van der Waals surface area (Å²) in [5.74, 6) is -0.982. The molecule has 5 rings (SSSR count). The summed E-state index contributed by atoms with van der Waals surface area (Å²) in [5, 5.41) is 0. The van der Waals surface area contributed by atoms with Crippen molar-refractivity contribution in [1.82, 2.24) is 0 Å². The Bertz CT molecular complexity index is 951. The fourth-order valence-corrected chi connectivity index (χ4v) is 4.60. The highest BCUT2D eigenvalue weighted by atomic mass is 16.5. The molecule has 1 aliphatic heterocycles. The molecule has 0 N–H and O–H groups in total. The molecular weight excluding hydrogens is 342 g/mol. The van der Waals surface area contributed by atoms with Gasteiger partial charge < -0.3 is 4.74 Å². The molecule has 0 radical (unpaired) electrons. The highest BCUT2D eigenvalue weighted by Crippen LogP contribution is 2.53. The third kappa shape index (κ3) is 2.35. The Morgan fingerprint density at radius 1 is 0.852 bits per heavy atom. The molecule has 2 amide bonds.